The van der Waals surface area contributed by atoms with Crippen LogP contribution in [0.4, 0.5) is 0 Å². The predicted molar refractivity (Wildman–Crippen MR) is 80.8 cm³/mol. The zero-order valence-corrected chi connectivity index (χ0v) is 13.3. The fraction of sp³-hybridized carbons (Fsp3) is 0.615. The van der Waals surface area contributed by atoms with Gasteiger partial charge in [0.05, 0.1) is 24.6 Å². The monoisotopic (exact) mass is 312 g/mol. The van der Waals surface area contributed by atoms with E-state index in [1.165, 1.54) is 11.8 Å². The molecule has 0 atom stereocenters. The molecule has 0 saturated carbocycles. The Kier molecular flexibility index (Phi) is 5.24. The summed E-state index contributed by atoms with van der Waals surface area (Å²) in [6.07, 6.45) is 0. The van der Waals surface area contributed by atoms with Gasteiger partial charge in [0.1, 0.15) is 5.52 Å². The molecular formula is C13H20N4O3S. The van der Waals surface area contributed by atoms with E-state index >= 15 is 0 Å². The van der Waals surface area contributed by atoms with Crippen molar-refractivity contribution < 1.29 is 14.6 Å². The summed E-state index contributed by atoms with van der Waals surface area (Å²) in [5.74, 6) is -0.857. The van der Waals surface area contributed by atoms with Crippen molar-refractivity contribution in [3.8, 4) is 0 Å². The molecule has 0 aliphatic rings. The van der Waals surface area contributed by atoms with Gasteiger partial charge in [-0.3, -0.25) is 4.79 Å². The van der Waals surface area contributed by atoms with Crippen LogP contribution in [-0.4, -0.2) is 49.4 Å². The normalized spacial score (nSPS) is 11.4. The Morgan fingerprint density at radius 2 is 2.19 bits per heavy atom. The van der Waals surface area contributed by atoms with Crippen LogP contribution in [0.25, 0.3) is 11.2 Å². The fourth-order valence-electron chi connectivity index (χ4n) is 2.16. The molecule has 2 rings (SSSR count). The van der Waals surface area contributed by atoms with Crippen LogP contribution in [0, 0.1) is 6.92 Å². The molecule has 0 aromatic carbocycles. The Morgan fingerprint density at radius 1 is 1.43 bits per heavy atom. The van der Waals surface area contributed by atoms with E-state index in [1.807, 2.05) is 30.0 Å². The van der Waals surface area contributed by atoms with E-state index in [0.717, 1.165) is 23.4 Å². The number of carboxylic acid groups (broad SMARTS) is 1. The summed E-state index contributed by atoms with van der Waals surface area (Å²) in [4.78, 5) is 15.3. The van der Waals surface area contributed by atoms with E-state index in [2.05, 4.69) is 10.1 Å². The lowest BCUT2D eigenvalue weighted by Crippen LogP contribution is -2.11. The van der Waals surface area contributed by atoms with Gasteiger partial charge in [0.2, 0.25) is 0 Å². The van der Waals surface area contributed by atoms with Gasteiger partial charge >= 0.3 is 5.97 Å². The SMILES string of the molecule is CCOCCn1c(SCC(=O)O)nc2c(C)nn(CC)c21. The van der Waals surface area contributed by atoms with Gasteiger partial charge in [0, 0.05) is 13.2 Å². The molecule has 0 fully saturated rings. The largest absolute Gasteiger partial charge is 0.481 e. The molecular weight excluding hydrogens is 292 g/mol. The lowest BCUT2D eigenvalue weighted by atomic mass is 10.4. The Balaban J connectivity index is 2.40. The maximum atomic E-state index is 10.8. The second-order valence-corrected chi connectivity index (χ2v) is 5.44. The molecule has 0 spiro atoms. The summed E-state index contributed by atoms with van der Waals surface area (Å²) in [5, 5.41) is 14.0. The van der Waals surface area contributed by atoms with Crippen LogP contribution in [0.15, 0.2) is 5.16 Å². The van der Waals surface area contributed by atoms with Gasteiger partial charge in [-0.05, 0) is 20.8 Å². The number of hydrogen-bond acceptors (Lipinski definition) is 5. The number of ether oxygens (including phenoxy) is 1. The van der Waals surface area contributed by atoms with Gasteiger partial charge in [-0.1, -0.05) is 11.8 Å². The third-order valence-electron chi connectivity index (χ3n) is 3.05. The third kappa shape index (κ3) is 3.38. The van der Waals surface area contributed by atoms with Crippen molar-refractivity contribution in [1.29, 1.82) is 0 Å². The number of thioether (sulfide) groups is 1. The first-order valence-corrected chi connectivity index (χ1v) is 7.93. The third-order valence-corrected chi connectivity index (χ3v) is 4.01. The zero-order chi connectivity index (χ0) is 15.4. The highest BCUT2D eigenvalue weighted by Crippen LogP contribution is 2.26. The second kappa shape index (κ2) is 6.95. The fourth-order valence-corrected chi connectivity index (χ4v) is 2.91. The number of nitrogens with zero attached hydrogens (tertiary/aromatic N) is 4. The number of aromatic nitrogens is 4. The highest BCUT2D eigenvalue weighted by atomic mass is 32.2. The van der Waals surface area contributed by atoms with Crippen molar-refractivity contribution >= 4 is 28.9 Å². The number of carboxylic acids is 1. The molecule has 0 saturated heterocycles. The van der Waals surface area contributed by atoms with Crippen molar-refractivity contribution in [3.63, 3.8) is 0 Å². The average molecular weight is 312 g/mol. The number of aliphatic carboxylic acids is 1. The van der Waals surface area contributed by atoms with Crippen LogP contribution in [0.3, 0.4) is 0 Å². The molecule has 116 valence electrons. The lowest BCUT2D eigenvalue weighted by Gasteiger charge is -2.09. The standard InChI is InChI=1S/C13H20N4O3S/c1-4-17-12-11(9(3)15-17)14-13(21-8-10(18)19)16(12)6-7-20-5-2/h4-8H2,1-3H3,(H,18,19). The molecule has 0 unspecified atom stereocenters. The van der Waals surface area contributed by atoms with Gasteiger partial charge in [-0.15, -0.1) is 0 Å². The Hall–Kier alpha value is -1.54. The Bertz CT molecular complexity index is 635. The van der Waals surface area contributed by atoms with Gasteiger partial charge in [0.15, 0.2) is 10.8 Å². The van der Waals surface area contributed by atoms with E-state index in [-0.39, 0.29) is 5.75 Å². The Labute approximate surface area is 127 Å². The van der Waals surface area contributed by atoms with E-state index < -0.39 is 5.97 Å². The number of rotatable bonds is 8. The zero-order valence-electron chi connectivity index (χ0n) is 12.5. The van der Waals surface area contributed by atoms with Gasteiger partial charge in [-0.2, -0.15) is 5.10 Å². The van der Waals surface area contributed by atoms with E-state index in [1.54, 1.807) is 0 Å². The van der Waals surface area contributed by atoms with Gasteiger partial charge < -0.3 is 14.4 Å². The first kappa shape index (κ1) is 15.8. The number of hydrogen-bond donors (Lipinski definition) is 1. The second-order valence-electron chi connectivity index (χ2n) is 4.50. The van der Waals surface area contributed by atoms with Crippen molar-refractivity contribution in [2.75, 3.05) is 19.0 Å². The molecule has 0 radical (unpaired) electrons. The van der Waals surface area contributed by atoms with Crippen LogP contribution < -0.4 is 0 Å². The smallest absolute Gasteiger partial charge is 0.313 e. The van der Waals surface area contributed by atoms with Gasteiger partial charge in [0.25, 0.3) is 0 Å². The van der Waals surface area contributed by atoms with E-state index in [0.29, 0.717) is 24.9 Å². The summed E-state index contributed by atoms with van der Waals surface area (Å²) in [6, 6.07) is 0. The summed E-state index contributed by atoms with van der Waals surface area (Å²) in [6.45, 7) is 8.49. The van der Waals surface area contributed by atoms with Crippen molar-refractivity contribution in [2.24, 2.45) is 0 Å². The molecule has 1 N–H and O–H groups in total. The predicted octanol–water partition coefficient (Wildman–Crippen LogP) is 1.77. The average Bonchev–Trinajstić information content (AvgIpc) is 2.95. The molecule has 0 bridgehead atoms. The number of imidazole rings is 1. The maximum Gasteiger partial charge on any atom is 0.313 e. The molecule has 2 heterocycles. The summed E-state index contributed by atoms with van der Waals surface area (Å²) >= 11 is 1.23. The first-order valence-electron chi connectivity index (χ1n) is 6.94. The maximum absolute atomic E-state index is 10.8. The molecule has 0 amide bonds. The van der Waals surface area contributed by atoms with E-state index in [9.17, 15) is 4.79 Å². The van der Waals surface area contributed by atoms with Crippen LogP contribution in [0.2, 0.25) is 0 Å². The highest BCUT2D eigenvalue weighted by Gasteiger charge is 2.19. The molecule has 21 heavy (non-hydrogen) atoms. The molecule has 8 heteroatoms. The minimum absolute atomic E-state index is 0.00710. The first-order chi connectivity index (χ1) is 10.1. The summed E-state index contributed by atoms with van der Waals surface area (Å²) in [7, 11) is 0. The van der Waals surface area contributed by atoms with Crippen LogP contribution in [0.1, 0.15) is 19.5 Å². The van der Waals surface area contributed by atoms with Crippen molar-refractivity contribution in [3.05, 3.63) is 5.69 Å². The molecule has 0 aliphatic heterocycles. The topological polar surface area (TPSA) is 82.2 Å². The molecule has 7 nitrogen and oxygen atoms in total. The van der Waals surface area contributed by atoms with Crippen molar-refractivity contribution in [1.82, 2.24) is 19.3 Å². The highest BCUT2D eigenvalue weighted by molar-refractivity contribution is 7.99. The van der Waals surface area contributed by atoms with Gasteiger partial charge in [-0.25, -0.2) is 9.67 Å². The molecule has 0 aliphatic carbocycles. The lowest BCUT2D eigenvalue weighted by molar-refractivity contribution is -0.133. The van der Waals surface area contributed by atoms with E-state index in [4.69, 9.17) is 9.84 Å². The quantitative estimate of drug-likeness (QED) is 0.591. The Morgan fingerprint density at radius 3 is 2.81 bits per heavy atom. The van der Waals surface area contributed by atoms with Crippen LogP contribution in [0.5, 0.6) is 0 Å². The van der Waals surface area contributed by atoms with Crippen LogP contribution in [-0.2, 0) is 22.6 Å². The molecule has 2 aromatic heterocycles. The van der Waals surface area contributed by atoms with Crippen LogP contribution >= 0.6 is 11.8 Å². The molecule has 2 aromatic rings. The summed E-state index contributed by atoms with van der Waals surface area (Å²) in [5.41, 5.74) is 2.63. The number of fused-ring (bicyclic) bond motifs is 1. The minimum Gasteiger partial charge on any atom is -0.481 e. The summed E-state index contributed by atoms with van der Waals surface area (Å²) < 4.78 is 9.31. The van der Waals surface area contributed by atoms with Crippen molar-refractivity contribution in [2.45, 2.75) is 39.0 Å². The number of carbonyl (C=O) groups is 1. The minimum atomic E-state index is -0.850. The number of aryl methyl sites for hydroxylation is 2.